The number of carbonyl (C=O) groups excluding carboxylic acids is 6. The molecule has 0 spiro atoms. The SMILES string of the molecule is C=CC[C@]1(C(=O)OC)C[C@H](OC(C)=O)C[C@H]([C@H](OC(C)=O)[C@@H](CNC(=O)c2cc(C)c(OC(C)=O)c(C)c2)OC(C)=O)O1. The number of amides is 1. The highest BCUT2D eigenvalue weighted by molar-refractivity contribution is 5.95. The molecule has 0 unspecified atom stereocenters. The maximum atomic E-state index is 13.2. The molecule has 43 heavy (non-hydrogen) atoms. The Bertz CT molecular complexity index is 1230. The number of esters is 5. The minimum Gasteiger partial charge on any atom is -0.467 e. The molecule has 13 nitrogen and oxygen atoms in total. The third-order valence-electron chi connectivity index (χ3n) is 6.58. The number of aryl methyl sites for hydroxylation is 2. The summed E-state index contributed by atoms with van der Waals surface area (Å²) in [5.41, 5.74) is -0.330. The van der Waals surface area contributed by atoms with E-state index in [1.54, 1.807) is 13.8 Å². The van der Waals surface area contributed by atoms with Crippen molar-refractivity contribution in [1.29, 1.82) is 0 Å². The Balaban J connectivity index is 2.45. The molecule has 1 aliphatic heterocycles. The highest BCUT2D eigenvalue weighted by atomic mass is 16.6. The van der Waals surface area contributed by atoms with Crippen molar-refractivity contribution in [3.8, 4) is 5.75 Å². The van der Waals surface area contributed by atoms with Crippen molar-refractivity contribution in [2.24, 2.45) is 0 Å². The number of hydrogen-bond acceptors (Lipinski definition) is 12. The summed E-state index contributed by atoms with van der Waals surface area (Å²) in [6.45, 7) is 11.5. The van der Waals surface area contributed by atoms with E-state index in [9.17, 15) is 28.8 Å². The first kappa shape index (κ1) is 34.9. The molecule has 0 aliphatic carbocycles. The smallest absolute Gasteiger partial charge is 0.338 e. The second-order valence-corrected chi connectivity index (χ2v) is 10.3. The number of ether oxygens (including phenoxy) is 6. The van der Waals surface area contributed by atoms with Gasteiger partial charge in [-0.25, -0.2) is 4.79 Å². The Morgan fingerprint density at radius 2 is 1.60 bits per heavy atom. The van der Waals surface area contributed by atoms with Gasteiger partial charge in [0.2, 0.25) is 0 Å². The van der Waals surface area contributed by atoms with E-state index in [1.807, 2.05) is 0 Å². The predicted molar refractivity (Wildman–Crippen MR) is 150 cm³/mol. The summed E-state index contributed by atoms with van der Waals surface area (Å²) < 4.78 is 32.9. The van der Waals surface area contributed by atoms with Gasteiger partial charge in [0.1, 0.15) is 18.0 Å². The minimum absolute atomic E-state index is 0.0300. The van der Waals surface area contributed by atoms with E-state index in [2.05, 4.69) is 11.9 Å². The summed E-state index contributed by atoms with van der Waals surface area (Å²) >= 11 is 0. The molecule has 0 radical (unpaired) electrons. The van der Waals surface area contributed by atoms with Gasteiger partial charge >= 0.3 is 29.8 Å². The van der Waals surface area contributed by atoms with Crippen LogP contribution >= 0.6 is 0 Å². The average molecular weight is 606 g/mol. The Morgan fingerprint density at radius 1 is 1.00 bits per heavy atom. The summed E-state index contributed by atoms with van der Waals surface area (Å²) in [5.74, 6) is -3.61. The third-order valence-corrected chi connectivity index (χ3v) is 6.58. The van der Waals surface area contributed by atoms with Crippen molar-refractivity contribution in [2.75, 3.05) is 13.7 Å². The molecule has 1 aliphatic rings. The second kappa shape index (κ2) is 15.3. The molecule has 1 saturated heterocycles. The van der Waals surface area contributed by atoms with Gasteiger partial charge in [-0.1, -0.05) is 6.08 Å². The average Bonchev–Trinajstić information content (AvgIpc) is 2.90. The summed E-state index contributed by atoms with van der Waals surface area (Å²) in [6.07, 6.45) is -3.32. The van der Waals surface area contributed by atoms with Crippen molar-refractivity contribution >= 4 is 35.8 Å². The van der Waals surface area contributed by atoms with Gasteiger partial charge in [0.25, 0.3) is 5.91 Å². The maximum absolute atomic E-state index is 13.2. The number of benzene rings is 1. The fraction of sp³-hybridized carbons (Fsp3) is 0.533. The van der Waals surface area contributed by atoms with Crippen LogP contribution in [0.3, 0.4) is 0 Å². The number of hydrogen-bond donors (Lipinski definition) is 1. The fourth-order valence-corrected chi connectivity index (χ4v) is 5.09. The molecule has 1 heterocycles. The highest BCUT2D eigenvalue weighted by Crippen LogP contribution is 2.38. The Hall–Kier alpha value is -4.26. The van der Waals surface area contributed by atoms with Crippen LogP contribution in [-0.4, -0.2) is 79.4 Å². The van der Waals surface area contributed by atoms with Crippen molar-refractivity contribution in [3.05, 3.63) is 41.5 Å². The minimum atomic E-state index is -1.65. The zero-order valence-electron chi connectivity index (χ0n) is 25.5. The van der Waals surface area contributed by atoms with Gasteiger partial charge in [-0.05, 0) is 37.1 Å². The first-order chi connectivity index (χ1) is 20.1. The van der Waals surface area contributed by atoms with E-state index in [-0.39, 0.29) is 31.4 Å². The number of methoxy groups -OCH3 is 1. The van der Waals surface area contributed by atoms with Gasteiger partial charge in [0.15, 0.2) is 17.8 Å². The molecule has 1 aromatic carbocycles. The maximum Gasteiger partial charge on any atom is 0.338 e. The lowest BCUT2D eigenvalue weighted by molar-refractivity contribution is -0.231. The zero-order valence-corrected chi connectivity index (χ0v) is 25.5. The molecular formula is C30H39NO12. The topological polar surface area (TPSA) is 170 Å². The number of rotatable bonds is 12. The lowest BCUT2D eigenvalue weighted by atomic mass is 9.84. The van der Waals surface area contributed by atoms with Crippen molar-refractivity contribution in [1.82, 2.24) is 5.32 Å². The van der Waals surface area contributed by atoms with Crippen molar-refractivity contribution < 1.29 is 57.2 Å². The molecule has 0 bridgehead atoms. The van der Waals surface area contributed by atoms with Crippen LogP contribution in [0, 0.1) is 13.8 Å². The van der Waals surface area contributed by atoms with Crippen LogP contribution in [0.25, 0.3) is 0 Å². The van der Waals surface area contributed by atoms with Crippen LogP contribution in [0.2, 0.25) is 0 Å². The van der Waals surface area contributed by atoms with Crippen LogP contribution in [0.1, 0.15) is 68.4 Å². The first-order valence-electron chi connectivity index (χ1n) is 13.6. The normalized spacial score (nSPS) is 20.9. The van der Waals surface area contributed by atoms with Crippen molar-refractivity contribution in [2.45, 2.75) is 90.8 Å². The molecule has 0 saturated carbocycles. The van der Waals surface area contributed by atoms with E-state index in [4.69, 9.17) is 28.4 Å². The Kier molecular flexibility index (Phi) is 12.4. The molecule has 1 N–H and O–H groups in total. The van der Waals surface area contributed by atoms with Gasteiger partial charge in [-0.2, -0.15) is 0 Å². The lowest BCUT2D eigenvalue weighted by Crippen LogP contribution is -2.59. The molecule has 236 valence electrons. The van der Waals surface area contributed by atoms with Gasteiger partial charge in [-0.3, -0.25) is 24.0 Å². The molecule has 0 aromatic heterocycles. The largest absolute Gasteiger partial charge is 0.467 e. The molecule has 2 rings (SSSR count). The van der Waals surface area contributed by atoms with Crippen LogP contribution in [0.15, 0.2) is 24.8 Å². The third kappa shape index (κ3) is 9.63. The van der Waals surface area contributed by atoms with Crippen LogP contribution in [0.4, 0.5) is 0 Å². The summed E-state index contributed by atoms with van der Waals surface area (Å²) in [6, 6.07) is 3.05. The van der Waals surface area contributed by atoms with Gasteiger partial charge in [-0.15, -0.1) is 6.58 Å². The first-order valence-corrected chi connectivity index (χ1v) is 13.6. The van der Waals surface area contributed by atoms with Gasteiger partial charge in [0.05, 0.1) is 13.7 Å². The van der Waals surface area contributed by atoms with E-state index in [0.29, 0.717) is 16.9 Å². The van der Waals surface area contributed by atoms with Crippen molar-refractivity contribution in [3.63, 3.8) is 0 Å². The van der Waals surface area contributed by atoms with Crippen LogP contribution < -0.4 is 10.1 Å². The van der Waals surface area contributed by atoms with E-state index < -0.39 is 65.8 Å². The number of carbonyl (C=O) groups is 6. The molecule has 13 heteroatoms. The summed E-state index contributed by atoms with van der Waals surface area (Å²) in [4.78, 5) is 73.8. The van der Waals surface area contributed by atoms with Crippen LogP contribution in [-0.2, 0) is 47.7 Å². The molecule has 1 amide bonds. The van der Waals surface area contributed by atoms with Gasteiger partial charge < -0.3 is 33.7 Å². The number of nitrogens with one attached hydrogen (secondary N) is 1. The zero-order chi connectivity index (χ0) is 32.5. The monoisotopic (exact) mass is 605 g/mol. The highest BCUT2D eigenvalue weighted by Gasteiger charge is 2.52. The summed E-state index contributed by atoms with van der Waals surface area (Å²) in [7, 11) is 1.17. The standard InChI is InChI=1S/C30H39NO12/c1-9-10-30(29(37)38-8)14-23(39-18(4)32)13-24(43-30)27(42-21(7)35)25(40-19(5)33)15-31-28(36)22-11-16(2)26(17(3)12-22)41-20(6)34/h9,11-12,23-25,27H,1,10,13-15H2,2-8H3,(H,31,36)/t23-,24-,25-,27+,30-/m1/s1. The summed E-state index contributed by atoms with van der Waals surface area (Å²) in [5, 5.41) is 2.67. The quantitative estimate of drug-likeness (QED) is 0.160. The van der Waals surface area contributed by atoms with Gasteiger partial charge in [0, 0.05) is 52.5 Å². The second-order valence-electron chi connectivity index (χ2n) is 10.3. The van der Waals surface area contributed by atoms with Crippen LogP contribution in [0.5, 0.6) is 5.75 Å². The van der Waals surface area contributed by atoms with E-state index in [1.165, 1.54) is 39.2 Å². The molecular weight excluding hydrogens is 566 g/mol. The predicted octanol–water partition coefficient (Wildman–Crippen LogP) is 2.42. The molecule has 5 atom stereocenters. The molecule has 1 aromatic rings. The Morgan fingerprint density at radius 3 is 2.09 bits per heavy atom. The Labute approximate surface area is 250 Å². The van der Waals surface area contributed by atoms with E-state index in [0.717, 1.165) is 13.8 Å². The lowest BCUT2D eigenvalue weighted by Gasteiger charge is -2.44. The van der Waals surface area contributed by atoms with E-state index >= 15 is 0 Å². The fourth-order valence-electron chi connectivity index (χ4n) is 5.09. The molecule has 1 fully saturated rings.